The van der Waals surface area contributed by atoms with Crippen molar-refractivity contribution in [2.24, 2.45) is 0 Å². The molecular formula is C22H27N3O3. The summed E-state index contributed by atoms with van der Waals surface area (Å²) in [6.07, 6.45) is 0.159. The van der Waals surface area contributed by atoms with Crippen LogP contribution in [0.3, 0.4) is 0 Å². The van der Waals surface area contributed by atoms with Crippen molar-refractivity contribution in [2.45, 2.75) is 26.9 Å². The highest BCUT2D eigenvalue weighted by Crippen LogP contribution is 2.22. The van der Waals surface area contributed by atoms with E-state index in [1.165, 1.54) is 6.92 Å². The van der Waals surface area contributed by atoms with E-state index in [9.17, 15) is 9.59 Å². The molecule has 0 spiro atoms. The fraction of sp³-hybridized carbons (Fsp3) is 0.364. The molecule has 0 radical (unpaired) electrons. The maximum Gasteiger partial charge on any atom is 0.321 e. The molecule has 2 aromatic rings. The summed E-state index contributed by atoms with van der Waals surface area (Å²) in [6, 6.07) is 14.9. The third kappa shape index (κ3) is 5.03. The van der Waals surface area contributed by atoms with E-state index in [1.807, 2.05) is 30.9 Å². The summed E-state index contributed by atoms with van der Waals surface area (Å²) in [5, 5.41) is 2.90. The molecule has 1 N–H and O–H groups in total. The molecule has 1 fully saturated rings. The minimum absolute atomic E-state index is 0.0119. The van der Waals surface area contributed by atoms with E-state index in [2.05, 4.69) is 22.3 Å². The smallest absolute Gasteiger partial charge is 0.321 e. The standard InChI is InChI=1S/C22H27N3O3/c1-16(2)28-21-10-8-20(9-11-21)24-12-14-25(15-13-24)22(27)23-19-6-4-18(5-7-19)17(3)26/h4-11,16H,12-15H2,1-3H3,(H,23,27). The average molecular weight is 381 g/mol. The van der Waals surface area contributed by atoms with Gasteiger partial charge in [0.15, 0.2) is 5.78 Å². The number of ether oxygens (including phenoxy) is 1. The zero-order valence-electron chi connectivity index (χ0n) is 16.6. The van der Waals surface area contributed by atoms with Crippen molar-refractivity contribution in [1.29, 1.82) is 0 Å². The zero-order valence-corrected chi connectivity index (χ0v) is 16.6. The Kier molecular flexibility index (Phi) is 6.19. The van der Waals surface area contributed by atoms with Gasteiger partial charge in [0.05, 0.1) is 6.10 Å². The van der Waals surface area contributed by atoms with Crippen LogP contribution in [-0.4, -0.2) is 49.0 Å². The SMILES string of the molecule is CC(=O)c1ccc(NC(=O)N2CCN(c3ccc(OC(C)C)cc3)CC2)cc1. The largest absolute Gasteiger partial charge is 0.491 e. The highest BCUT2D eigenvalue weighted by molar-refractivity contribution is 5.95. The van der Waals surface area contributed by atoms with Crippen LogP contribution in [0.1, 0.15) is 31.1 Å². The number of ketones is 1. The first kappa shape index (κ1) is 19.7. The van der Waals surface area contributed by atoms with Crippen molar-refractivity contribution < 1.29 is 14.3 Å². The van der Waals surface area contributed by atoms with Gasteiger partial charge in [0.1, 0.15) is 5.75 Å². The first-order chi connectivity index (χ1) is 13.4. The van der Waals surface area contributed by atoms with Gasteiger partial charge >= 0.3 is 6.03 Å². The Hall–Kier alpha value is -3.02. The van der Waals surface area contributed by atoms with E-state index in [-0.39, 0.29) is 17.9 Å². The molecule has 0 unspecified atom stereocenters. The number of anilines is 2. The molecule has 0 saturated carbocycles. The minimum Gasteiger partial charge on any atom is -0.491 e. The van der Waals surface area contributed by atoms with E-state index in [4.69, 9.17) is 4.74 Å². The number of amides is 2. The Bertz CT molecular complexity index is 808. The van der Waals surface area contributed by atoms with Crippen LogP contribution in [0.2, 0.25) is 0 Å². The van der Waals surface area contributed by atoms with Crippen molar-refractivity contribution in [2.75, 3.05) is 36.4 Å². The monoisotopic (exact) mass is 381 g/mol. The number of carbonyl (C=O) groups excluding carboxylic acids is 2. The minimum atomic E-state index is -0.115. The Morgan fingerprint density at radius 3 is 2.07 bits per heavy atom. The summed E-state index contributed by atoms with van der Waals surface area (Å²) in [6.45, 7) is 8.41. The topological polar surface area (TPSA) is 61.9 Å². The second-order valence-electron chi connectivity index (χ2n) is 7.20. The summed E-state index contributed by atoms with van der Waals surface area (Å²) >= 11 is 0. The maximum atomic E-state index is 12.5. The van der Waals surface area contributed by atoms with Crippen molar-refractivity contribution in [3.8, 4) is 5.75 Å². The lowest BCUT2D eigenvalue weighted by Crippen LogP contribution is -2.50. The Balaban J connectivity index is 1.51. The van der Waals surface area contributed by atoms with E-state index in [0.29, 0.717) is 24.3 Å². The molecule has 1 aliphatic heterocycles. The molecule has 0 atom stereocenters. The van der Waals surface area contributed by atoms with Crippen LogP contribution < -0.4 is 15.0 Å². The van der Waals surface area contributed by atoms with Gasteiger partial charge in [0, 0.05) is 43.1 Å². The van der Waals surface area contributed by atoms with Crippen LogP contribution in [0.5, 0.6) is 5.75 Å². The molecule has 3 rings (SSSR count). The molecule has 148 valence electrons. The van der Waals surface area contributed by atoms with E-state index in [1.54, 1.807) is 24.3 Å². The number of nitrogens with zero attached hydrogens (tertiary/aromatic N) is 2. The maximum absolute atomic E-state index is 12.5. The molecule has 0 aliphatic carbocycles. The van der Waals surface area contributed by atoms with Gasteiger partial charge in [0.25, 0.3) is 0 Å². The Labute approximate surface area is 166 Å². The van der Waals surface area contributed by atoms with Gasteiger partial charge in [-0.3, -0.25) is 4.79 Å². The highest BCUT2D eigenvalue weighted by atomic mass is 16.5. The second kappa shape index (κ2) is 8.78. The summed E-state index contributed by atoms with van der Waals surface area (Å²) < 4.78 is 5.68. The number of hydrogen-bond acceptors (Lipinski definition) is 4. The van der Waals surface area contributed by atoms with E-state index in [0.717, 1.165) is 24.5 Å². The van der Waals surface area contributed by atoms with Crippen molar-refractivity contribution in [3.63, 3.8) is 0 Å². The lowest BCUT2D eigenvalue weighted by atomic mass is 10.1. The predicted octanol–water partition coefficient (Wildman–Crippen LogP) is 4.03. The summed E-state index contributed by atoms with van der Waals surface area (Å²) in [7, 11) is 0. The summed E-state index contributed by atoms with van der Waals surface area (Å²) in [5.74, 6) is 0.880. The van der Waals surface area contributed by atoms with E-state index < -0.39 is 0 Å². The number of carbonyl (C=O) groups is 2. The quantitative estimate of drug-likeness (QED) is 0.795. The fourth-order valence-electron chi connectivity index (χ4n) is 3.17. The molecule has 6 heteroatoms. The molecule has 28 heavy (non-hydrogen) atoms. The molecule has 1 saturated heterocycles. The van der Waals surface area contributed by atoms with Crippen molar-refractivity contribution in [1.82, 2.24) is 4.90 Å². The molecule has 1 aliphatic rings. The number of Topliss-reactive ketones (excluding diaryl/α,β-unsaturated/α-hetero) is 1. The van der Waals surface area contributed by atoms with Crippen LogP contribution in [-0.2, 0) is 0 Å². The third-order valence-electron chi connectivity index (χ3n) is 4.68. The van der Waals surface area contributed by atoms with Crippen LogP contribution in [0.25, 0.3) is 0 Å². The number of rotatable bonds is 5. The van der Waals surface area contributed by atoms with Gasteiger partial charge in [-0.25, -0.2) is 4.79 Å². The number of urea groups is 1. The lowest BCUT2D eigenvalue weighted by Gasteiger charge is -2.36. The first-order valence-electron chi connectivity index (χ1n) is 9.61. The molecule has 2 aromatic carbocycles. The highest BCUT2D eigenvalue weighted by Gasteiger charge is 2.21. The number of benzene rings is 2. The molecule has 0 aromatic heterocycles. The number of hydrogen-bond donors (Lipinski definition) is 1. The van der Waals surface area contributed by atoms with Gasteiger partial charge < -0.3 is 19.9 Å². The average Bonchev–Trinajstić information content (AvgIpc) is 2.68. The molecule has 6 nitrogen and oxygen atoms in total. The third-order valence-corrected chi connectivity index (χ3v) is 4.68. The molecule has 0 bridgehead atoms. The van der Waals surface area contributed by atoms with Crippen LogP contribution in [0.15, 0.2) is 48.5 Å². The van der Waals surface area contributed by atoms with E-state index >= 15 is 0 Å². The van der Waals surface area contributed by atoms with Gasteiger partial charge in [-0.15, -0.1) is 0 Å². The first-order valence-corrected chi connectivity index (χ1v) is 9.61. The molecular weight excluding hydrogens is 354 g/mol. The predicted molar refractivity (Wildman–Crippen MR) is 111 cm³/mol. The van der Waals surface area contributed by atoms with Crippen molar-refractivity contribution in [3.05, 3.63) is 54.1 Å². The second-order valence-corrected chi connectivity index (χ2v) is 7.20. The van der Waals surface area contributed by atoms with Crippen LogP contribution in [0, 0.1) is 0 Å². The van der Waals surface area contributed by atoms with Gasteiger partial charge in [-0.1, -0.05) is 0 Å². The lowest BCUT2D eigenvalue weighted by molar-refractivity contribution is 0.101. The van der Waals surface area contributed by atoms with Crippen molar-refractivity contribution >= 4 is 23.2 Å². The van der Waals surface area contributed by atoms with Gasteiger partial charge in [-0.2, -0.15) is 0 Å². The summed E-state index contributed by atoms with van der Waals surface area (Å²) in [4.78, 5) is 27.9. The Morgan fingerprint density at radius 2 is 1.54 bits per heavy atom. The Morgan fingerprint density at radius 1 is 0.929 bits per heavy atom. The number of nitrogens with one attached hydrogen (secondary N) is 1. The normalized spacial score (nSPS) is 14.1. The number of piperazine rings is 1. The van der Waals surface area contributed by atoms with Crippen LogP contribution >= 0.6 is 0 Å². The summed E-state index contributed by atoms with van der Waals surface area (Å²) in [5.41, 5.74) is 2.46. The van der Waals surface area contributed by atoms with Gasteiger partial charge in [0.2, 0.25) is 0 Å². The fourth-order valence-corrected chi connectivity index (χ4v) is 3.17. The molecule has 1 heterocycles. The zero-order chi connectivity index (χ0) is 20.1. The molecule has 2 amide bonds. The van der Waals surface area contributed by atoms with Gasteiger partial charge in [-0.05, 0) is 69.3 Å². The van der Waals surface area contributed by atoms with Crippen LogP contribution in [0.4, 0.5) is 16.2 Å².